The van der Waals surface area contributed by atoms with Gasteiger partial charge < -0.3 is 20.1 Å². The van der Waals surface area contributed by atoms with Crippen LogP contribution < -0.4 is 10.1 Å². The van der Waals surface area contributed by atoms with Gasteiger partial charge in [0, 0.05) is 71.3 Å². The van der Waals surface area contributed by atoms with E-state index in [1.165, 1.54) is 0 Å². The van der Waals surface area contributed by atoms with Crippen LogP contribution in [0, 0.1) is 0 Å². The first kappa shape index (κ1) is 21.6. The van der Waals surface area contributed by atoms with Crippen molar-refractivity contribution in [2.24, 2.45) is 0 Å². The number of pyridine rings is 1. The Balaban J connectivity index is 1.53. The summed E-state index contributed by atoms with van der Waals surface area (Å²) in [6.07, 6.45) is 2.66. The van der Waals surface area contributed by atoms with Gasteiger partial charge in [-0.25, -0.2) is 0 Å². The summed E-state index contributed by atoms with van der Waals surface area (Å²) in [5, 5.41) is 13.7. The van der Waals surface area contributed by atoms with Gasteiger partial charge in [-0.05, 0) is 30.7 Å². The number of aliphatic hydroxyl groups is 1. The van der Waals surface area contributed by atoms with Gasteiger partial charge in [-0.1, -0.05) is 18.5 Å². The quantitative estimate of drug-likeness (QED) is 0.591. The maximum Gasteiger partial charge on any atom is 0.264 e. The SMILES string of the molecule is CCC(CO)c1cc2nccc(-c3cc(Cl)cc4c3OC(C(=O)N3CCNCC3)C4)c2s1. The van der Waals surface area contributed by atoms with E-state index in [1.807, 2.05) is 23.1 Å². The van der Waals surface area contributed by atoms with Crippen molar-refractivity contribution in [1.29, 1.82) is 0 Å². The van der Waals surface area contributed by atoms with E-state index >= 15 is 0 Å². The Labute approximate surface area is 196 Å². The number of thiophene rings is 1. The Bertz CT molecular complexity index is 1150. The molecule has 0 saturated carbocycles. The molecular formula is C24H26ClN3O3S. The van der Waals surface area contributed by atoms with E-state index in [0.717, 1.165) is 57.0 Å². The fraction of sp³-hybridized carbons (Fsp3) is 0.417. The Morgan fingerprint density at radius 1 is 1.34 bits per heavy atom. The highest BCUT2D eigenvalue weighted by atomic mass is 35.5. The molecule has 0 aliphatic carbocycles. The van der Waals surface area contributed by atoms with Crippen LogP contribution in [0.4, 0.5) is 0 Å². The van der Waals surface area contributed by atoms with Crippen LogP contribution in [0.5, 0.6) is 5.75 Å². The zero-order chi connectivity index (χ0) is 22.2. The van der Waals surface area contributed by atoms with Crippen molar-refractivity contribution in [3.05, 3.63) is 45.9 Å². The summed E-state index contributed by atoms with van der Waals surface area (Å²) < 4.78 is 7.32. The maximum atomic E-state index is 13.1. The second-order valence-electron chi connectivity index (χ2n) is 8.34. The smallest absolute Gasteiger partial charge is 0.264 e. The lowest BCUT2D eigenvalue weighted by Crippen LogP contribution is -2.50. The van der Waals surface area contributed by atoms with Gasteiger partial charge >= 0.3 is 0 Å². The zero-order valence-electron chi connectivity index (χ0n) is 17.9. The van der Waals surface area contributed by atoms with Gasteiger partial charge in [0.1, 0.15) is 5.75 Å². The van der Waals surface area contributed by atoms with Gasteiger partial charge in [-0.2, -0.15) is 0 Å². The molecule has 2 aliphatic heterocycles. The minimum atomic E-state index is -0.518. The molecule has 4 heterocycles. The molecule has 3 aromatic rings. The standard InChI is InChI=1S/C24H26ClN3O3S/c1-2-14(13-29)21-12-19-23(32-21)17(3-4-27-19)18-11-16(25)9-15-10-20(31-22(15)18)24(30)28-7-5-26-6-8-28/h3-4,9,11-12,14,20,26,29H,2,5-8,10,13H2,1H3. The average molecular weight is 472 g/mol. The zero-order valence-corrected chi connectivity index (χ0v) is 19.5. The summed E-state index contributed by atoms with van der Waals surface area (Å²) in [6.45, 7) is 5.22. The molecule has 168 valence electrons. The average Bonchev–Trinajstić information content (AvgIpc) is 3.43. The molecule has 32 heavy (non-hydrogen) atoms. The van der Waals surface area contributed by atoms with Crippen LogP contribution >= 0.6 is 22.9 Å². The second-order valence-corrected chi connectivity index (χ2v) is 9.86. The molecule has 0 bridgehead atoms. The molecular weight excluding hydrogens is 446 g/mol. The van der Waals surface area contributed by atoms with Crippen LogP contribution in [0.25, 0.3) is 21.3 Å². The molecule has 2 unspecified atom stereocenters. The van der Waals surface area contributed by atoms with Crippen LogP contribution in [0.3, 0.4) is 0 Å². The molecule has 2 aliphatic rings. The van der Waals surface area contributed by atoms with E-state index in [1.54, 1.807) is 17.5 Å². The number of aromatic nitrogens is 1. The van der Waals surface area contributed by atoms with Crippen molar-refractivity contribution in [3.8, 4) is 16.9 Å². The summed E-state index contributed by atoms with van der Waals surface area (Å²) in [6, 6.07) is 7.86. The molecule has 0 radical (unpaired) electrons. The first-order chi connectivity index (χ1) is 15.6. The number of carbonyl (C=O) groups is 1. The number of nitrogens with zero attached hydrogens (tertiary/aromatic N) is 2. The van der Waals surface area contributed by atoms with Gasteiger partial charge in [0.2, 0.25) is 0 Å². The van der Waals surface area contributed by atoms with E-state index in [9.17, 15) is 9.90 Å². The van der Waals surface area contributed by atoms with E-state index in [2.05, 4.69) is 23.3 Å². The summed E-state index contributed by atoms with van der Waals surface area (Å²) in [7, 11) is 0. The highest BCUT2D eigenvalue weighted by Gasteiger charge is 2.35. The van der Waals surface area contributed by atoms with Crippen LogP contribution in [-0.2, 0) is 11.2 Å². The van der Waals surface area contributed by atoms with Gasteiger partial charge in [0.05, 0.1) is 16.8 Å². The van der Waals surface area contributed by atoms with Crippen molar-refractivity contribution >= 4 is 39.1 Å². The maximum absolute atomic E-state index is 13.1. The molecule has 2 aromatic heterocycles. The molecule has 1 aromatic carbocycles. The molecule has 1 saturated heterocycles. The normalized spacial score (nSPS) is 19.1. The summed E-state index contributed by atoms with van der Waals surface area (Å²) in [4.78, 5) is 20.6. The fourth-order valence-corrected chi connectivity index (χ4v) is 6.10. The highest BCUT2D eigenvalue weighted by Crippen LogP contribution is 2.45. The lowest BCUT2D eigenvalue weighted by molar-refractivity contribution is -0.138. The van der Waals surface area contributed by atoms with Gasteiger partial charge in [0.15, 0.2) is 6.10 Å². The third-order valence-corrected chi connectivity index (χ3v) is 7.88. The first-order valence-electron chi connectivity index (χ1n) is 11.1. The number of amides is 1. The molecule has 2 atom stereocenters. The molecule has 5 rings (SSSR count). The predicted molar refractivity (Wildman–Crippen MR) is 128 cm³/mol. The van der Waals surface area contributed by atoms with Crippen molar-refractivity contribution < 1.29 is 14.6 Å². The summed E-state index contributed by atoms with van der Waals surface area (Å²) in [5.41, 5.74) is 3.74. The number of carbonyl (C=O) groups excluding carboxylic acids is 1. The first-order valence-corrected chi connectivity index (χ1v) is 12.3. The second kappa shape index (κ2) is 8.98. The van der Waals surface area contributed by atoms with Crippen LogP contribution in [0.15, 0.2) is 30.5 Å². The highest BCUT2D eigenvalue weighted by molar-refractivity contribution is 7.19. The minimum absolute atomic E-state index is 0.0387. The number of piperazine rings is 1. The topological polar surface area (TPSA) is 74.7 Å². The van der Waals surface area contributed by atoms with Crippen molar-refractivity contribution in [2.75, 3.05) is 32.8 Å². The Morgan fingerprint density at radius 2 is 2.16 bits per heavy atom. The van der Waals surface area contributed by atoms with Crippen molar-refractivity contribution in [3.63, 3.8) is 0 Å². The monoisotopic (exact) mass is 471 g/mol. The third kappa shape index (κ3) is 3.88. The number of ether oxygens (including phenoxy) is 1. The molecule has 0 spiro atoms. The Kier molecular flexibility index (Phi) is 6.07. The summed E-state index contributed by atoms with van der Waals surface area (Å²) >= 11 is 8.16. The molecule has 1 amide bonds. The number of fused-ring (bicyclic) bond motifs is 2. The van der Waals surface area contributed by atoms with Crippen LogP contribution in [0.1, 0.15) is 29.7 Å². The predicted octanol–water partition coefficient (Wildman–Crippen LogP) is 3.84. The van der Waals surface area contributed by atoms with E-state index < -0.39 is 6.10 Å². The Morgan fingerprint density at radius 3 is 2.91 bits per heavy atom. The number of aliphatic hydroxyl groups excluding tert-OH is 1. The number of nitrogens with one attached hydrogen (secondary N) is 1. The van der Waals surface area contributed by atoms with Gasteiger partial charge in [-0.15, -0.1) is 11.3 Å². The van der Waals surface area contributed by atoms with Crippen molar-refractivity contribution in [1.82, 2.24) is 15.2 Å². The number of hydrogen-bond donors (Lipinski definition) is 2. The van der Waals surface area contributed by atoms with Crippen LogP contribution in [0.2, 0.25) is 5.02 Å². The molecule has 2 N–H and O–H groups in total. The Hall–Kier alpha value is -2.19. The molecule has 6 nitrogen and oxygen atoms in total. The van der Waals surface area contributed by atoms with Gasteiger partial charge in [-0.3, -0.25) is 9.78 Å². The number of benzene rings is 1. The lowest BCUT2D eigenvalue weighted by Gasteiger charge is -2.29. The molecule has 8 heteroatoms. The van der Waals surface area contributed by atoms with E-state index in [0.29, 0.717) is 24.5 Å². The van der Waals surface area contributed by atoms with Crippen molar-refractivity contribution in [2.45, 2.75) is 31.8 Å². The fourth-order valence-electron chi connectivity index (χ4n) is 4.54. The number of halogens is 1. The lowest BCUT2D eigenvalue weighted by atomic mass is 10.0. The summed E-state index contributed by atoms with van der Waals surface area (Å²) in [5.74, 6) is 0.876. The van der Waals surface area contributed by atoms with Gasteiger partial charge in [0.25, 0.3) is 5.91 Å². The largest absolute Gasteiger partial charge is 0.479 e. The van der Waals surface area contributed by atoms with Crippen LogP contribution in [-0.4, -0.2) is 59.8 Å². The number of hydrogen-bond acceptors (Lipinski definition) is 6. The minimum Gasteiger partial charge on any atom is -0.479 e. The number of rotatable bonds is 5. The van der Waals surface area contributed by atoms with E-state index in [-0.39, 0.29) is 18.4 Å². The molecule has 1 fully saturated rings. The van der Waals surface area contributed by atoms with E-state index in [4.69, 9.17) is 16.3 Å². The third-order valence-electron chi connectivity index (χ3n) is 6.34.